The number of halogens is 1. The van der Waals surface area contributed by atoms with Gasteiger partial charge in [-0.15, -0.1) is 10.2 Å². The van der Waals surface area contributed by atoms with Crippen LogP contribution in [-0.4, -0.2) is 68.7 Å². The Hall–Kier alpha value is -4.57. The number of nitrogens with zero attached hydrogens (tertiary/aromatic N) is 6. The number of hydrogen-bond acceptors (Lipinski definition) is 6. The third kappa shape index (κ3) is 6.35. The second-order valence-corrected chi connectivity index (χ2v) is 11.7. The fourth-order valence-corrected chi connectivity index (χ4v) is 6.16. The predicted molar refractivity (Wildman–Crippen MR) is 171 cm³/mol. The lowest BCUT2D eigenvalue weighted by molar-refractivity contribution is -0.121. The lowest BCUT2D eigenvalue weighted by Gasteiger charge is -2.41. The first kappa shape index (κ1) is 29.5. The number of piperazine rings is 1. The Bertz CT molecular complexity index is 1830. The molecule has 1 fully saturated rings. The minimum absolute atomic E-state index is 0.0386. The Morgan fingerprint density at radius 3 is 2.64 bits per heavy atom. The fourth-order valence-electron chi connectivity index (χ4n) is 6.16. The summed E-state index contributed by atoms with van der Waals surface area (Å²) in [6, 6.07) is 22.5. The van der Waals surface area contributed by atoms with Gasteiger partial charge in [-0.25, -0.2) is 4.39 Å². The number of para-hydroxylation sites is 1. The molecular weight excluding hydrogens is 557 g/mol. The highest BCUT2D eigenvalue weighted by Crippen LogP contribution is 2.22. The molecular formula is C34H38FN7O2. The van der Waals surface area contributed by atoms with Gasteiger partial charge in [0, 0.05) is 50.7 Å². The van der Waals surface area contributed by atoms with E-state index in [1.165, 1.54) is 23.4 Å². The molecule has 228 valence electrons. The molecule has 1 atom stereocenters. The van der Waals surface area contributed by atoms with Crippen LogP contribution in [0, 0.1) is 12.7 Å². The number of benzene rings is 3. The van der Waals surface area contributed by atoms with E-state index < -0.39 is 0 Å². The van der Waals surface area contributed by atoms with Crippen LogP contribution in [0.2, 0.25) is 0 Å². The molecule has 3 heterocycles. The SMILES string of the molecule is Cc1cccc(N2CCN(CCCNC(=O)CCc3nnc4n(Cc5ccc(F)cc5)c(=O)c5ccccc5n34)CC2C)c1. The largest absolute Gasteiger partial charge is 0.366 e. The zero-order valence-corrected chi connectivity index (χ0v) is 25.2. The maximum Gasteiger partial charge on any atom is 0.263 e. The molecule has 1 aliphatic rings. The molecule has 1 amide bonds. The smallest absolute Gasteiger partial charge is 0.263 e. The second kappa shape index (κ2) is 13.0. The number of hydrogen-bond donors (Lipinski definition) is 1. The number of fused-ring (bicyclic) bond motifs is 3. The van der Waals surface area contributed by atoms with Crippen LogP contribution in [0.3, 0.4) is 0 Å². The third-order valence-electron chi connectivity index (χ3n) is 8.42. The number of carbonyl (C=O) groups is 1. The van der Waals surface area contributed by atoms with E-state index >= 15 is 0 Å². The van der Waals surface area contributed by atoms with Crippen molar-refractivity contribution < 1.29 is 9.18 Å². The molecule has 10 heteroatoms. The van der Waals surface area contributed by atoms with Gasteiger partial charge in [0.15, 0.2) is 0 Å². The molecule has 6 rings (SSSR count). The zero-order valence-electron chi connectivity index (χ0n) is 25.2. The molecule has 1 unspecified atom stereocenters. The minimum Gasteiger partial charge on any atom is -0.366 e. The van der Waals surface area contributed by atoms with Crippen molar-refractivity contribution >= 4 is 28.3 Å². The van der Waals surface area contributed by atoms with Gasteiger partial charge in [0.05, 0.1) is 17.4 Å². The highest BCUT2D eigenvalue weighted by Gasteiger charge is 2.24. The standard InChI is InChI=1S/C34H38FN7O2/c1-24-7-5-8-28(21-24)40-20-19-39(22-25(40)2)18-6-17-36-32(43)16-15-31-37-38-34-41(23-26-11-13-27(35)14-12-26)33(44)29-9-3-4-10-30(29)42(31)34/h3-5,7-14,21,25H,6,15-20,22-23H2,1-2H3,(H,36,43). The van der Waals surface area contributed by atoms with Gasteiger partial charge in [0.25, 0.3) is 5.56 Å². The lowest BCUT2D eigenvalue weighted by Crippen LogP contribution is -2.52. The summed E-state index contributed by atoms with van der Waals surface area (Å²) in [6.45, 7) is 9.20. The van der Waals surface area contributed by atoms with Crippen LogP contribution in [0.5, 0.6) is 0 Å². The average Bonchev–Trinajstić information content (AvgIpc) is 3.45. The van der Waals surface area contributed by atoms with Gasteiger partial charge in [0.1, 0.15) is 11.6 Å². The van der Waals surface area contributed by atoms with Crippen LogP contribution in [0.15, 0.2) is 77.6 Å². The molecule has 1 N–H and O–H groups in total. The Morgan fingerprint density at radius 1 is 1.02 bits per heavy atom. The number of rotatable bonds is 10. The van der Waals surface area contributed by atoms with Gasteiger partial charge in [-0.1, -0.05) is 36.4 Å². The van der Waals surface area contributed by atoms with E-state index in [0.717, 1.165) is 38.2 Å². The van der Waals surface area contributed by atoms with Crippen molar-refractivity contribution in [2.45, 2.75) is 45.7 Å². The first-order valence-corrected chi connectivity index (χ1v) is 15.3. The maximum absolute atomic E-state index is 13.5. The Morgan fingerprint density at radius 2 is 1.84 bits per heavy atom. The summed E-state index contributed by atoms with van der Waals surface area (Å²) in [6.07, 6.45) is 1.53. The Balaban J connectivity index is 1.05. The lowest BCUT2D eigenvalue weighted by atomic mass is 10.1. The van der Waals surface area contributed by atoms with E-state index in [1.54, 1.807) is 22.8 Å². The molecule has 1 aliphatic heterocycles. The van der Waals surface area contributed by atoms with Crippen molar-refractivity contribution in [1.82, 2.24) is 29.4 Å². The first-order chi connectivity index (χ1) is 21.4. The van der Waals surface area contributed by atoms with Crippen molar-refractivity contribution in [2.24, 2.45) is 0 Å². The highest BCUT2D eigenvalue weighted by molar-refractivity contribution is 5.80. The number of aromatic nitrogens is 4. The maximum atomic E-state index is 13.5. The number of carbonyl (C=O) groups excluding carboxylic acids is 1. The topological polar surface area (TPSA) is 87.8 Å². The van der Waals surface area contributed by atoms with Crippen LogP contribution >= 0.6 is 0 Å². The normalized spacial score (nSPS) is 15.7. The summed E-state index contributed by atoms with van der Waals surface area (Å²) in [5, 5.41) is 12.3. The van der Waals surface area contributed by atoms with Crippen LogP contribution in [0.4, 0.5) is 10.1 Å². The van der Waals surface area contributed by atoms with Crippen molar-refractivity contribution in [3.63, 3.8) is 0 Å². The number of anilines is 1. The predicted octanol–water partition coefficient (Wildman–Crippen LogP) is 4.19. The van der Waals surface area contributed by atoms with E-state index in [2.05, 4.69) is 63.4 Å². The molecule has 0 bridgehead atoms. The van der Waals surface area contributed by atoms with Crippen LogP contribution in [-0.2, 0) is 17.8 Å². The molecule has 1 saturated heterocycles. The summed E-state index contributed by atoms with van der Waals surface area (Å²) < 4.78 is 16.9. The molecule has 0 aliphatic carbocycles. The average molecular weight is 596 g/mol. The summed E-state index contributed by atoms with van der Waals surface area (Å²) in [7, 11) is 0. The second-order valence-electron chi connectivity index (χ2n) is 11.7. The van der Waals surface area contributed by atoms with E-state index in [9.17, 15) is 14.0 Å². The molecule has 2 aromatic heterocycles. The van der Waals surface area contributed by atoms with Crippen LogP contribution in [0.25, 0.3) is 16.7 Å². The van der Waals surface area contributed by atoms with Crippen molar-refractivity contribution in [3.05, 3.63) is 106 Å². The van der Waals surface area contributed by atoms with E-state index in [-0.39, 0.29) is 30.2 Å². The van der Waals surface area contributed by atoms with Crippen molar-refractivity contribution in [3.8, 4) is 0 Å². The van der Waals surface area contributed by atoms with E-state index in [4.69, 9.17) is 0 Å². The van der Waals surface area contributed by atoms with Gasteiger partial charge in [0.2, 0.25) is 11.7 Å². The molecule has 0 saturated carbocycles. The van der Waals surface area contributed by atoms with Crippen LogP contribution < -0.4 is 15.8 Å². The Labute approximate surface area is 255 Å². The highest BCUT2D eigenvalue weighted by atomic mass is 19.1. The van der Waals surface area contributed by atoms with E-state index in [0.29, 0.717) is 41.5 Å². The first-order valence-electron chi connectivity index (χ1n) is 15.3. The van der Waals surface area contributed by atoms with Crippen LogP contribution in [0.1, 0.15) is 36.7 Å². The summed E-state index contributed by atoms with van der Waals surface area (Å²) in [5.41, 5.74) is 3.84. The molecule has 0 spiro atoms. The van der Waals surface area contributed by atoms with Crippen molar-refractivity contribution in [1.29, 1.82) is 0 Å². The monoisotopic (exact) mass is 595 g/mol. The molecule has 0 radical (unpaired) electrons. The van der Waals surface area contributed by atoms with Gasteiger partial charge < -0.3 is 10.2 Å². The van der Waals surface area contributed by atoms with Gasteiger partial charge in [-0.05, 0) is 74.3 Å². The summed E-state index contributed by atoms with van der Waals surface area (Å²) >= 11 is 0. The quantitative estimate of drug-likeness (QED) is 0.244. The number of nitrogens with one attached hydrogen (secondary N) is 1. The van der Waals surface area contributed by atoms with E-state index in [1.807, 2.05) is 22.6 Å². The summed E-state index contributed by atoms with van der Waals surface area (Å²) in [5.74, 6) is 0.632. The molecule has 44 heavy (non-hydrogen) atoms. The third-order valence-corrected chi connectivity index (χ3v) is 8.42. The number of amides is 1. The van der Waals surface area contributed by atoms with Gasteiger partial charge in [-0.2, -0.15) is 0 Å². The minimum atomic E-state index is -0.334. The fraction of sp³-hybridized carbons (Fsp3) is 0.353. The van der Waals surface area contributed by atoms with Gasteiger partial charge >= 0.3 is 0 Å². The zero-order chi connectivity index (χ0) is 30.6. The molecule has 9 nitrogen and oxygen atoms in total. The molecule has 5 aromatic rings. The van der Waals surface area contributed by atoms with Crippen molar-refractivity contribution in [2.75, 3.05) is 37.6 Å². The Kier molecular flexibility index (Phi) is 8.70. The summed E-state index contributed by atoms with van der Waals surface area (Å²) in [4.78, 5) is 31.1. The molecule has 3 aromatic carbocycles. The number of aryl methyl sites for hydroxylation is 2. The van der Waals surface area contributed by atoms with Gasteiger partial charge in [-0.3, -0.25) is 23.5 Å².